The minimum absolute atomic E-state index is 0.299. The zero-order valence-electron chi connectivity index (χ0n) is 15.8. The fourth-order valence-corrected chi connectivity index (χ4v) is 3.08. The molecule has 0 spiro atoms. The van der Waals surface area contributed by atoms with Crippen molar-refractivity contribution in [2.45, 2.75) is 33.3 Å². The average Bonchev–Trinajstić information content (AvgIpc) is 2.98. The number of fused-ring (bicyclic) bond motifs is 1. The lowest BCUT2D eigenvalue weighted by atomic mass is 10.2. The molecule has 3 N–H and O–H groups in total. The summed E-state index contributed by atoms with van der Waals surface area (Å²) in [5.74, 6) is 0.776. The molecule has 3 rings (SSSR count). The van der Waals surface area contributed by atoms with Crippen LogP contribution in [-0.4, -0.2) is 33.2 Å². The Morgan fingerprint density at radius 1 is 1.30 bits per heavy atom. The number of nitrogens with one attached hydrogen (secondary N) is 1. The zero-order chi connectivity index (χ0) is 19.4. The molecule has 0 bridgehead atoms. The van der Waals surface area contributed by atoms with Crippen LogP contribution in [0.5, 0.6) is 0 Å². The summed E-state index contributed by atoms with van der Waals surface area (Å²) >= 11 is 0. The predicted octanol–water partition coefficient (Wildman–Crippen LogP) is 2.25. The van der Waals surface area contributed by atoms with Crippen LogP contribution in [-0.2, 0) is 24.2 Å². The van der Waals surface area contributed by atoms with Crippen molar-refractivity contribution < 1.29 is 4.74 Å². The number of rotatable bonds is 7. The van der Waals surface area contributed by atoms with Gasteiger partial charge >= 0.3 is 0 Å². The lowest BCUT2D eigenvalue weighted by molar-refractivity contribution is 0.181. The largest absolute Gasteiger partial charge is 0.382 e. The lowest BCUT2D eigenvalue weighted by Crippen LogP contribution is -2.13. The van der Waals surface area contributed by atoms with Gasteiger partial charge in [-0.1, -0.05) is 13.0 Å². The Hall–Kier alpha value is -3.18. The van der Waals surface area contributed by atoms with Crippen molar-refractivity contribution in [2.75, 3.05) is 24.7 Å². The summed E-state index contributed by atoms with van der Waals surface area (Å²) in [6.07, 6.45) is 1.48. The standard InChI is InChI=1S/C19H23N7O/c1-4-15-12(2)25-26-17(21)16(10-20)18(24-19(15)26)22-9-8-13-6-5-7-14(23-13)11-27-3/h5-7H,4,8-9,11,21H2,1-3H3,(H,22,24). The number of nitrogen functional groups attached to an aromatic ring is 1. The maximum Gasteiger partial charge on any atom is 0.163 e. The van der Waals surface area contributed by atoms with E-state index in [0.717, 1.165) is 29.1 Å². The number of hydrogen-bond acceptors (Lipinski definition) is 7. The molecule has 0 radical (unpaired) electrons. The second-order valence-electron chi connectivity index (χ2n) is 6.22. The third kappa shape index (κ3) is 3.68. The second kappa shape index (κ2) is 8.01. The van der Waals surface area contributed by atoms with E-state index in [9.17, 15) is 5.26 Å². The Morgan fingerprint density at radius 3 is 2.78 bits per heavy atom. The van der Waals surface area contributed by atoms with Gasteiger partial charge in [0.25, 0.3) is 0 Å². The highest BCUT2D eigenvalue weighted by Crippen LogP contribution is 2.24. The molecule has 3 aromatic rings. The molecule has 0 saturated heterocycles. The van der Waals surface area contributed by atoms with Crippen LogP contribution in [0.3, 0.4) is 0 Å². The number of aromatic nitrogens is 4. The van der Waals surface area contributed by atoms with E-state index in [1.807, 2.05) is 32.0 Å². The van der Waals surface area contributed by atoms with Crippen LogP contribution in [0.4, 0.5) is 11.6 Å². The highest BCUT2D eigenvalue weighted by Gasteiger charge is 2.18. The first-order valence-corrected chi connectivity index (χ1v) is 8.84. The van der Waals surface area contributed by atoms with E-state index in [1.165, 1.54) is 0 Å². The number of nitriles is 1. The van der Waals surface area contributed by atoms with Gasteiger partial charge < -0.3 is 15.8 Å². The SMILES string of the molecule is CCc1c(C)nn2c(N)c(C#N)c(NCCc3cccc(COC)n3)nc12. The summed E-state index contributed by atoms with van der Waals surface area (Å²) in [6, 6.07) is 7.99. The van der Waals surface area contributed by atoms with E-state index >= 15 is 0 Å². The molecular formula is C19H23N7O. The number of anilines is 2. The van der Waals surface area contributed by atoms with Gasteiger partial charge in [0, 0.05) is 31.3 Å². The normalized spacial score (nSPS) is 10.9. The summed E-state index contributed by atoms with van der Waals surface area (Å²) in [6.45, 7) is 5.03. The van der Waals surface area contributed by atoms with Crippen LogP contribution in [0.2, 0.25) is 0 Å². The van der Waals surface area contributed by atoms with Gasteiger partial charge in [-0.2, -0.15) is 14.9 Å². The fraction of sp³-hybridized carbons (Fsp3) is 0.368. The summed E-state index contributed by atoms with van der Waals surface area (Å²) in [5.41, 5.74) is 10.9. The van der Waals surface area contributed by atoms with Crippen molar-refractivity contribution in [3.63, 3.8) is 0 Å². The molecule has 8 nitrogen and oxygen atoms in total. The maximum absolute atomic E-state index is 9.53. The Labute approximate surface area is 158 Å². The van der Waals surface area contributed by atoms with Crippen molar-refractivity contribution in [3.8, 4) is 6.07 Å². The van der Waals surface area contributed by atoms with Gasteiger partial charge in [-0.15, -0.1) is 0 Å². The minimum atomic E-state index is 0.299. The molecule has 0 aliphatic carbocycles. The smallest absolute Gasteiger partial charge is 0.163 e. The first-order chi connectivity index (χ1) is 13.1. The van der Waals surface area contributed by atoms with Crippen LogP contribution >= 0.6 is 0 Å². The number of nitrogens with zero attached hydrogens (tertiary/aromatic N) is 5. The first kappa shape index (κ1) is 18.6. The number of pyridine rings is 1. The molecule has 3 heterocycles. The Balaban J connectivity index is 1.84. The molecule has 0 aromatic carbocycles. The molecule has 0 unspecified atom stereocenters. The predicted molar refractivity (Wildman–Crippen MR) is 103 cm³/mol. The van der Waals surface area contributed by atoms with Crippen molar-refractivity contribution >= 4 is 17.3 Å². The highest BCUT2D eigenvalue weighted by atomic mass is 16.5. The van der Waals surface area contributed by atoms with E-state index in [4.69, 9.17) is 10.5 Å². The van der Waals surface area contributed by atoms with E-state index < -0.39 is 0 Å². The molecule has 0 aliphatic rings. The van der Waals surface area contributed by atoms with Gasteiger partial charge in [-0.25, -0.2) is 4.98 Å². The van der Waals surface area contributed by atoms with Crippen molar-refractivity contribution in [2.24, 2.45) is 0 Å². The van der Waals surface area contributed by atoms with Gasteiger partial charge in [-0.05, 0) is 25.5 Å². The lowest BCUT2D eigenvalue weighted by Gasteiger charge is -2.11. The third-order valence-corrected chi connectivity index (χ3v) is 4.39. The van der Waals surface area contributed by atoms with Crippen molar-refractivity contribution in [1.29, 1.82) is 5.26 Å². The van der Waals surface area contributed by atoms with E-state index in [2.05, 4.69) is 26.5 Å². The van der Waals surface area contributed by atoms with Gasteiger partial charge in [0.1, 0.15) is 23.3 Å². The van der Waals surface area contributed by atoms with Crippen LogP contribution in [0.15, 0.2) is 18.2 Å². The first-order valence-electron chi connectivity index (χ1n) is 8.84. The molecule has 0 saturated carbocycles. The molecular weight excluding hydrogens is 342 g/mol. The van der Waals surface area contributed by atoms with E-state index in [-0.39, 0.29) is 0 Å². The van der Waals surface area contributed by atoms with Gasteiger partial charge in [0.05, 0.1) is 18.0 Å². The summed E-state index contributed by atoms with van der Waals surface area (Å²) in [4.78, 5) is 9.17. The van der Waals surface area contributed by atoms with Crippen LogP contribution in [0.1, 0.15) is 35.1 Å². The van der Waals surface area contributed by atoms with E-state index in [0.29, 0.717) is 42.4 Å². The second-order valence-corrected chi connectivity index (χ2v) is 6.22. The summed E-state index contributed by atoms with van der Waals surface area (Å²) in [7, 11) is 1.65. The Kier molecular flexibility index (Phi) is 5.52. The zero-order valence-corrected chi connectivity index (χ0v) is 15.8. The van der Waals surface area contributed by atoms with Crippen molar-refractivity contribution in [1.82, 2.24) is 19.6 Å². The van der Waals surface area contributed by atoms with Gasteiger partial charge in [0.15, 0.2) is 5.65 Å². The molecule has 3 aromatic heterocycles. The topological polar surface area (TPSA) is 114 Å². The molecule has 27 heavy (non-hydrogen) atoms. The summed E-state index contributed by atoms with van der Waals surface area (Å²) in [5, 5.41) is 17.2. The Morgan fingerprint density at radius 2 is 2.07 bits per heavy atom. The minimum Gasteiger partial charge on any atom is -0.382 e. The van der Waals surface area contributed by atoms with Crippen LogP contribution < -0.4 is 11.1 Å². The molecule has 0 amide bonds. The molecule has 0 atom stereocenters. The monoisotopic (exact) mass is 365 g/mol. The van der Waals surface area contributed by atoms with E-state index in [1.54, 1.807) is 11.6 Å². The molecule has 140 valence electrons. The fourth-order valence-electron chi connectivity index (χ4n) is 3.08. The van der Waals surface area contributed by atoms with Crippen molar-refractivity contribution in [3.05, 3.63) is 46.4 Å². The Bertz CT molecular complexity index is 1000. The molecule has 0 aliphatic heterocycles. The number of aryl methyl sites for hydroxylation is 2. The highest BCUT2D eigenvalue weighted by molar-refractivity contribution is 5.69. The maximum atomic E-state index is 9.53. The number of nitrogens with two attached hydrogens (primary N) is 1. The summed E-state index contributed by atoms with van der Waals surface area (Å²) < 4.78 is 6.67. The van der Waals surface area contributed by atoms with Crippen LogP contribution in [0, 0.1) is 18.3 Å². The van der Waals surface area contributed by atoms with Crippen LogP contribution in [0.25, 0.3) is 5.65 Å². The van der Waals surface area contributed by atoms with Gasteiger partial charge in [-0.3, -0.25) is 4.98 Å². The van der Waals surface area contributed by atoms with Gasteiger partial charge in [0.2, 0.25) is 0 Å². The quantitative estimate of drug-likeness (QED) is 0.660. The molecule has 8 heteroatoms. The number of ether oxygens (including phenoxy) is 1. The average molecular weight is 365 g/mol. The number of hydrogen-bond donors (Lipinski definition) is 2. The third-order valence-electron chi connectivity index (χ3n) is 4.39. The number of methoxy groups -OCH3 is 1. The molecule has 0 fully saturated rings.